The van der Waals surface area contributed by atoms with Crippen molar-refractivity contribution in [2.75, 3.05) is 5.32 Å². The molecule has 0 fully saturated rings. The Hall–Kier alpha value is -1.48. The zero-order valence-electron chi connectivity index (χ0n) is 17.2. The first kappa shape index (κ1) is 26.8. The van der Waals surface area contributed by atoms with Crippen LogP contribution < -0.4 is 5.32 Å². The fourth-order valence-corrected chi connectivity index (χ4v) is 5.62. The Kier molecular flexibility index (Phi) is 10.6. The lowest BCUT2D eigenvalue weighted by atomic mass is 10.3. The van der Waals surface area contributed by atoms with Crippen molar-refractivity contribution in [1.82, 2.24) is 15.0 Å². The first-order valence-corrected chi connectivity index (χ1v) is 12.2. The van der Waals surface area contributed by atoms with Crippen LogP contribution in [0.5, 0.6) is 0 Å². The van der Waals surface area contributed by atoms with E-state index in [1.165, 1.54) is 0 Å². The van der Waals surface area contributed by atoms with E-state index in [2.05, 4.69) is 28.3 Å². The highest BCUT2D eigenvalue weighted by atomic mass is 35.5. The molecule has 0 saturated heterocycles. The summed E-state index contributed by atoms with van der Waals surface area (Å²) in [5.41, 5.74) is 2.03. The summed E-state index contributed by atoms with van der Waals surface area (Å²) >= 11 is 11.3. The van der Waals surface area contributed by atoms with Crippen molar-refractivity contribution in [3.8, 4) is 0 Å². The lowest BCUT2D eigenvalue weighted by molar-refractivity contribution is 1.00. The summed E-state index contributed by atoms with van der Waals surface area (Å²) in [6.07, 6.45) is 3.72. The quantitative estimate of drug-likeness (QED) is 0.236. The number of thioether (sulfide) groups is 1. The summed E-state index contributed by atoms with van der Waals surface area (Å²) in [6.45, 7) is 4.13. The van der Waals surface area contributed by atoms with Gasteiger partial charge < -0.3 is 5.32 Å². The van der Waals surface area contributed by atoms with Crippen molar-refractivity contribution in [2.45, 2.75) is 33.8 Å². The monoisotopic (exact) mass is 542 g/mol. The normalized spacial score (nSPS) is 11.2. The van der Waals surface area contributed by atoms with Gasteiger partial charge in [-0.3, -0.25) is 4.98 Å². The van der Waals surface area contributed by atoms with Gasteiger partial charge in [-0.25, -0.2) is 9.97 Å². The summed E-state index contributed by atoms with van der Waals surface area (Å²) in [5.74, 6) is 0.768. The summed E-state index contributed by atoms with van der Waals surface area (Å²) in [6, 6.07) is 16.0. The molecule has 0 bridgehead atoms. The third-order valence-corrected chi connectivity index (χ3v) is 7.66. The number of halogens is 3. The fraction of sp³-hybridized carbons (Fsp3) is 0.136. The molecule has 3 heterocycles. The van der Waals surface area contributed by atoms with Gasteiger partial charge in [0.05, 0.1) is 21.3 Å². The molecular weight excluding hydrogens is 523 g/mol. The Morgan fingerprint density at radius 3 is 2.50 bits per heavy atom. The number of nitrogens with zero attached hydrogens (tertiary/aromatic N) is 3. The average Bonchev–Trinajstić information content (AvgIpc) is 3.17. The van der Waals surface area contributed by atoms with E-state index in [0.717, 1.165) is 42.0 Å². The minimum absolute atomic E-state index is 0. The van der Waals surface area contributed by atoms with E-state index in [9.17, 15) is 0 Å². The summed E-state index contributed by atoms with van der Waals surface area (Å²) in [4.78, 5) is 16.7. The predicted octanol–water partition coefficient (Wildman–Crippen LogP) is 8.49. The SMILES string of the molecule is Cc1csc(Nc2ncc(SC(C)c3ccccn3)cc2Sc2ccccc2Cl)n1.Cl.Cl. The van der Waals surface area contributed by atoms with Gasteiger partial charge in [0.25, 0.3) is 0 Å². The molecule has 0 aliphatic carbocycles. The lowest BCUT2D eigenvalue weighted by Crippen LogP contribution is -1.97. The van der Waals surface area contributed by atoms with E-state index < -0.39 is 0 Å². The van der Waals surface area contributed by atoms with E-state index in [1.807, 2.05) is 67.2 Å². The van der Waals surface area contributed by atoms with Crippen LogP contribution in [0, 0.1) is 6.92 Å². The Balaban J connectivity index is 0.00000181. The summed E-state index contributed by atoms with van der Waals surface area (Å²) < 4.78 is 0. The van der Waals surface area contributed by atoms with E-state index in [-0.39, 0.29) is 30.1 Å². The number of hydrogen-bond donors (Lipinski definition) is 1. The highest BCUT2D eigenvalue weighted by Gasteiger charge is 2.14. The van der Waals surface area contributed by atoms with Gasteiger partial charge in [0, 0.05) is 32.8 Å². The standard InChI is InChI=1S/C22H19ClN4S3.2ClH/c1-14-13-28-22(26-14)27-21-20(30-19-9-4-3-7-17(19)23)11-16(12-25-21)29-15(2)18-8-5-6-10-24-18;;/h3-13,15H,1-2H3,(H,25,26,27);2*1H. The number of pyridine rings is 2. The minimum atomic E-state index is 0. The van der Waals surface area contributed by atoms with Gasteiger partial charge in [-0.05, 0) is 44.2 Å². The molecule has 0 amide bonds. The van der Waals surface area contributed by atoms with Crippen molar-refractivity contribution < 1.29 is 0 Å². The second kappa shape index (κ2) is 12.7. The van der Waals surface area contributed by atoms with Gasteiger partial charge in [0.1, 0.15) is 5.82 Å². The molecule has 0 radical (unpaired) electrons. The third kappa shape index (κ3) is 7.01. The molecule has 10 heteroatoms. The van der Waals surface area contributed by atoms with Gasteiger partial charge in [-0.2, -0.15) is 0 Å². The number of benzene rings is 1. The topological polar surface area (TPSA) is 50.7 Å². The molecule has 1 aromatic carbocycles. The molecule has 1 N–H and O–H groups in total. The van der Waals surface area contributed by atoms with Crippen LogP contribution >= 0.6 is 71.3 Å². The van der Waals surface area contributed by atoms with Crippen LogP contribution in [0.1, 0.15) is 23.6 Å². The molecule has 0 aliphatic heterocycles. The van der Waals surface area contributed by atoms with Gasteiger partial charge in [0.2, 0.25) is 0 Å². The van der Waals surface area contributed by atoms with Crippen molar-refractivity contribution in [3.63, 3.8) is 0 Å². The van der Waals surface area contributed by atoms with Crippen molar-refractivity contribution in [1.29, 1.82) is 0 Å². The number of aryl methyl sites for hydroxylation is 1. The molecule has 0 spiro atoms. The third-order valence-electron chi connectivity index (χ3n) is 4.15. The number of anilines is 2. The lowest BCUT2D eigenvalue weighted by Gasteiger charge is -2.14. The van der Waals surface area contributed by atoms with Gasteiger partial charge in [0.15, 0.2) is 5.13 Å². The number of thiazole rings is 1. The largest absolute Gasteiger partial charge is 0.315 e. The number of rotatable bonds is 7. The molecule has 32 heavy (non-hydrogen) atoms. The molecule has 1 atom stereocenters. The van der Waals surface area contributed by atoms with Gasteiger partial charge in [-0.1, -0.05) is 41.6 Å². The van der Waals surface area contributed by atoms with Crippen molar-refractivity contribution in [3.05, 3.63) is 82.7 Å². The summed E-state index contributed by atoms with van der Waals surface area (Å²) in [7, 11) is 0. The molecule has 0 aliphatic rings. The Bertz CT molecular complexity index is 1140. The van der Waals surface area contributed by atoms with Crippen LogP contribution in [0.15, 0.2) is 81.0 Å². The number of nitrogens with one attached hydrogen (secondary N) is 1. The van der Waals surface area contributed by atoms with Gasteiger partial charge in [-0.15, -0.1) is 47.9 Å². The highest BCUT2D eigenvalue weighted by Crippen LogP contribution is 2.41. The maximum absolute atomic E-state index is 6.41. The summed E-state index contributed by atoms with van der Waals surface area (Å²) in [5, 5.41) is 7.13. The molecule has 4 aromatic rings. The fourth-order valence-electron chi connectivity index (χ4n) is 2.70. The van der Waals surface area contributed by atoms with E-state index in [4.69, 9.17) is 16.6 Å². The van der Waals surface area contributed by atoms with Crippen LogP contribution in [-0.2, 0) is 0 Å². The molecule has 1 unspecified atom stereocenters. The predicted molar refractivity (Wildman–Crippen MR) is 143 cm³/mol. The maximum Gasteiger partial charge on any atom is 0.188 e. The zero-order valence-corrected chi connectivity index (χ0v) is 22.0. The molecular formula is C22H21Cl3N4S3. The molecule has 3 aromatic heterocycles. The first-order chi connectivity index (χ1) is 14.6. The molecule has 168 valence electrons. The smallest absolute Gasteiger partial charge is 0.188 e. The molecule has 4 rings (SSSR count). The Labute approximate surface area is 217 Å². The van der Waals surface area contributed by atoms with E-state index >= 15 is 0 Å². The van der Waals surface area contributed by atoms with Crippen LogP contribution in [0.3, 0.4) is 0 Å². The van der Waals surface area contributed by atoms with Crippen LogP contribution in [-0.4, -0.2) is 15.0 Å². The van der Waals surface area contributed by atoms with Crippen LogP contribution in [0.2, 0.25) is 5.02 Å². The minimum Gasteiger partial charge on any atom is -0.315 e. The molecule has 4 nitrogen and oxygen atoms in total. The Morgan fingerprint density at radius 1 is 1.03 bits per heavy atom. The van der Waals surface area contributed by atoms with Gasteiger partial charge >= 0.3 is 0 Å². The van der Waals surface area contributed by atoms with E-state index in [1.54, 1.807) is 34.9 Å². The zero-order chi connectivity index (χ0) is 20.9. The Morgan fingerprint density at radius 2 is 1.81 bits per heavy atom. The second-order valence-corrected chi connectivity index (χ2v) is 10.2. The number of hydrogen-bond acceptors (Lipinski definition) is 7. The molecule has 0 saturated carbocycles. The first-order valence-electron chi connectivity index (χ1n) is 9.27. The van der Waals surface area contributed by atoms with Crippen molar-refractivity contribution in [2.24, 2.45) is 0 Å². The van der Waals surface area contributed by atoms with Crippen molar-refractivity contribution >= 4 is 82.2 Å². The maximum atomic E-state index is 6.41. The average molecular weight is 544 g/mol. The van der Waals surface area contributed by atoms with Crippen LogP contribution in [0.4, 0.5) is 10.9 Å². The van der Waals surface area contributed by atoms with E-state index in [0.29, 0.717) is 0 Å². The highest BCUT2D eigenvalue weighted by molar-refractivity contribution is 8.00. The second-order valence-electron chi connectivity index (χ2n) is 6.48. The number of aromatic nitrogens is 3. The van der Waals surface area contributed by atoms with Crippen LogP contribution in [0.25, 0.3) is 0 Å².